The van der Waals surface area contributed by atoms with E-state index in [1.807, 2.05) is 0 Å². The summed E-state index contributed by atoms with van der Waals surface area (Å²) in [4.78, 5) is 76.5. The number of carboxylic acids is 1. The number of rotatable bonds is 17. The highest BCUT2D eigenvalue weighted by Gasteiger charge is 2.37. The SMILES string of the molecule is COC(=O)C[C@@H]1CCN(C(=O)c2cc3nc(-c4cc(F)c(Cl)c(F)c4)cc(N(C)c4c(C)cccc4F)n3n2)C[C@@H]1OC.COC(=O)C[C@@H]1CCNC[C@@H]1OC.CO[C@H]1CN(C(=O)c2cc3nc(-c4cc(F)c(Cl)c(F)c4)cc(N(C)c4c(C)cccc4F)n3n2)CC[C@H]1CC(=O)O.Cl.I. The van der Waals surface area contributed by atoms with Crippen LogP contribution in [0.5, 0.6) is 0 Å². The van der Waals surface area contributed by atoms with Crippen molar-refractivity contribution >= 4 is 124 Å². The highest BCUT2D eigenvalue weighted by atomic mass is 127. The molecular formula is C68H75Cl3F6IN11O11. The first-order valence-electron chi connectivity index (χ1n) is 31.1. The molecule has 4 aromatic heterocycles. The first-order chi connectivity index (χ1) is 46.8. The summed E-state index contributed by atoms with van der Waals surface area (Å²) in [6.07, 6.45) is 1.79. The van der Waals surface area contributed by atoms with Crippen molar-refractivity contribution in [1.29, 1.82) is 0 Å². The van der Waals surface area contributed by atoms with Crippen LogP contribution in [0.15, 0.2) is 84.9 Å². The monoisotopic (exact) mass is 1570 g/mol. The average Bonchev–Trinajstić information content (AvgIpc) is 1.57. The van der Waals surface area contributed by atoms with Crippen molar-refractivity contribution in [3.05, 3.63) is 152 Å². The minimum absolute atomic E-state index is 0. The van der Waals surface area contributed by atoms with Gasteiger partial charge in [-0.1, -0.05) is 47.5 Å². The number of esters is 2. The molecule has 2 N–H and O–H groups in total. The lowest BCUT2D eigenvalue weighted by atomic mass is 9.90. The second-order valence-corrected chi connectivity index (χ2v) is 24.6. The van der Waals surface area contributed by atoms with E-state index < -0.39 is 68.8 Å². The first kappa shape index (κ1) is 79.4. The van der Waals surface area contributed by atoms with E-state index in [1.54, 1.807) is 64.2 Å². The number of carbonyl (C=O) groups is 5. The van der Waals surface area contributed by atoms with E-state index in [2.05, 4.69) is 30.2 Å². The zero-order valence-corrected chi connectivity index (χ0v) is 60.5. The molecule has 0 unspecified atom stereocenters. The zero-order chi connectivity index (χ0) is 71.0. The van der Waals surface area contributed by atoms with E-state index in [9.17, 15) is 46.6 Å². The number of aromatic nitrogens is 6. The Morgan fingerprint density at radius 3 is 1.30 bits per heavy atom. The van der Waals surface area contributed by atoms with Crippen molar-refractivity contribution in [2.24, 2.45) is 17.8 Å². The second-order valence-electron chi connectivity index (χ2n) is 23.9. The fourth-order valence-electron chi connectivity index (χ4n) is 12.5. The van der Waals surface area contributed by atoms with Crippen molar-refractivity contribution in [2.45, 2.75) is 70.7 Å². The van der Waals surface area contributed by atoms with Gasteiger partial charge in [-0.25, -0.2) is 36.3 Å². The Labute approximate surface area is 605 Å². The minimum atomic E-state index is -0.975. The fourth-order valence-corrected chi connectivity index (χ4v) is 12.7. The quantitative estimate of drug-likeness (QED) is 0.0373. The molecule has 3 aliphatic heterocycles. The number of fused-ring (bicyclic) bond motifs is 2. The van der Waals surface area contributed by atoms with Gasteiger partial charge in [0.25, 0.3) is 11.8 Å². The van der Waals surface area contributed by atoms with Gasteiger partial charge in [-0.2, -0.15) is 19.2 Å². The number of halogens is 10. The van der Waals surface area contributed by atoms with Crippen LogP contribution < -0.4 is 15.1 Å². The van der Waals surface area contributed by atoms with E-state index in [4.69, 9.17) is 42.1 Å². The normalized spacial score (nSPS) is 18.1. The fraction of sp³-hybridized carbons (Fsp3) is 0.397. The van der Waals surface area contributed by atoms with Crippen LogP contribution in [-0.4, -0.2) is 181 Å². The number of hydrogen-bond acceptors (Lipinski definition) is 17. The third kappa shape index (κ3) is 18.0. The van der Waals surface area contributed by atoms with Crippen molar-refractivity contribution in [3.8, 4) is 22.5 Å². The molecule has 8 aromatic rings. The number of ether oxygens (including phenoxy) is 5. The first-order valence-corrected chi connectivity index (χ1v) is 31.9. The van der Waals surface area contributed by atoms with Gasteiger partial charge in [0, 0.05) is 104 Å². The summed E-state index contributed by atoms with van der Waals surface area (Å²) in [6, 6.07) is 19.3. The number of benzene rings is 4. The molecule has 22 nitrogen and oxygen atoms in total. The Bertz CT molecular complexity index is 4210. The number of nitrogens with one attached hydrogen (secondary N) is 1. The summed E-state index contributed by atoms with van der Waals surface area (Å²) in [6.45, 7) is 6.33. The van der Waals surface area contributed by atoms with E-state index in [0.717, 1.165) is 43.8 Å². The smallest absolute Gasteiger partial charge is 0.305 e. The predicted octanol–water partition coefficient (Wildman–Crippen LogP) is 12.3. The van der Waals surface area contributed by atoms with Gasteiger partial charge in [-0.05, 0) is 105 Å². The summed E-state index contributed by atoms with van der Waals surface area (Å²) in [5.74, 6) is -6.65. The maximum atomic E-state index is 15.0. The summed E-state index contributed by atoms with van der Waals surface area (Å²) in [5.41, 5.74) is 2.62. The Morgan fingerprint density at radius 1 is 0.560 bits per heavy atom. The predicted molar refractivity (Wildman–Crippen MR) is 375 cm³/mol. The van der Waals surface area contributed by atoms with Gasteiger partial charge < -0.3 is 53.7 Å². The highest BCUT2D eigenvalue weighted by Crippen LogP contribution is 2.38. The van der Waals surface area contributed by atoms with E-state index in [0.29, 0.717) is 49.4 Å². The van der Waals surface area contributed by atoms with Gasteiger partial charge in [0.1, 0.15) is 56.6 Å². The minimum Gasteiger partial charge on any atom is -0.481 e. The molecule has 3 saturated heterocycles. The summed E-state index contributed by atoms with van der Waals surface area (Å²) in [7, 11) is 10.6. The summed E-state index contributed by atoms with van der Waals surface area (Å²) in [5, 5.41) is 20.2. The lowest BCUT2D eigenvalue weighted by Crippen LogP contribution is -2.48. The molecule has 0 bridgehead atoms. The number of amides is 2. The topological polar surface area (TPSA) is 237 Å². The van der Waals surface area contributed by atoms with Gasteiger partial charge in [-0.15, -0.1) is 36.4 Å². The molecule has 3 aliphatic rings. The molecule has 32 heteroatoms. The lowest BCUT2D eigenvalue weighted by Gasteiger charge is -2.37. The number of carboxylic acid groups (broad SMARTS) is 1. The van der Waals surface area contributed by atoms with Gasteiger partial charge in [0.15, 0.2) is 22.7 Å². The lowest BCUT2D eigenvalue weighted by molar-refractivity contribution is -0.144. The number of carbonyl (C=O) groups excluding carboxylic acids is 4. The van der Waals surface area contributed by atoms with Crippen molar-refractivity contribution in [2.75, 3.05) is 98.7 Å². The largest absolute Gasteiger partial charge is 0.481 e. The zero-order valence-electron chi connectivity index (χ0n) is 55.9. The molecule has 538 valence electrons. The standard InChI is InChI=1S/C30H29ClF3N5O4.C29H27ClF3N5O4.C9H17NO3.ClH.HI/c1-16-6-5-7-19(32)29(16)37(2)26-14-22(18-10-20(33)28(31)21(34)11-18)35-25-13-23(36-39(25)26)30(41)38-9-8-17(12-27(40)43-4)24(15-38)42-3;1-15-5-4-6-18(31)28(15)36(2)25-13-21(17-9-19(32)27(30)20(33)10-17)34-24-12-22(35-38(24)25)29(41)37-8-7-16(11-26(39)40)23(14-37)42-3;1-12-8-6-10-4-3-7(8)5-9(11)13-2;;/h5-7,10-11,13-14,17,24H,8-9,12,15H2,1-4H3;4-6,9-10,12-13,16,23H,7-8,11,14H2,1-3H3,(H,39,40);7-8,10H,3-6H2,1-2H3;2*1H/t17-,24-;16-,23-;7-,8-;;/m000../s1. The Hall–Kier alpha value is -7.91. The summed E-state index contributed by atoms with van der Waals surface area (Å²) < 4.78 is 116. The number of likely N-dealkylation sites (tertiary alicyclic amines) is 2. The average molecular weight is 1570 g/mol. The van der Waals surface area contributed by atoms with Crippen LogP contribution in [0.4, 0.5) is 49.4 Å². The molecule has 3 fully saturated rings. The molecule has 0 saturated carbocycles. The molecule has 2 amide bonds. The van der Waals surface area contributed by atoms with E-state index >= 15 is 8.78 Å². The van der Waals surface area contributed by atoms with Gasteiger partial charge in [0.2, 0.25) is 0 Å². The number of nitrogens with zero attached hydrogens (tertiary/aromatic N) is 10. The number of anilines is 4. The van der Waals surface area contributed by atoms with Crippen LogP contribution in [0, 0.1) is 66.5 Å². The molecular weight excluding hydrogens is 1490 g/mol. The van der Waals surface area contributed by atoms with Gasteiger partial charge in [-0.3, -0.25) is 24.0 Å². The third-order valence-electron chi connectivity index (χ3n) is 17.7. The van der Waals surface area contributed by atoms with Crippen molar-refractivity contribution in [1.82, 2.24) is 44.3 Å². The number of hydrogen-bond donors (Lipinski definition) is 2. The molecule has 0 radical (unpaired) electrons. The summed E-state index contributed by atoms with van der Waals surface area (Å²) >= 11 is 11.4. The van der Waals surface area contributed by atoms with Crippen LogP contribution in [0.2, 0.25) is 10.0 Å². The van der Waals surface area contributed by atoms with Crippen LogP contribution in [0.3, 0.4) is 0 Å². The Kier molecular flexibility index (Phi) is 27.9. The number of aliphatic carboxylic acids is 1. The van der Waals surface area contributed by atoms with Gasteiger partial charge >= 0.3 is 17.9 Å². The highest BCUT2D eigenvalue weighted by molar-refractivity contribution is 14.0. The van der Waals surface area contributed by atoms with Crippen LogP contribution in [0.1, 0.15) is 70.6 Å². The number of para-hydroxylation sites is 2. The van der Waals surface area contributed by atoms with Crippen LogP contribution in [-0.2, 0) is 38.1 Å². The van der Waals surface area contributed by atoms with Gasteiger partial charge in [0.05, 0.1) is 74.6 Å². The van der Waals surface area contributed by atoms with Crippen LogP contribution in [0.25, 0.3) is 33.8 Å². The van der Waals surface area contributed by atoms with E-state index in [1.165, 1.54) is 88.6 Å². The molecule has 6 atom stereocenters. The van der Waals surface area contributed by atoms with Crippen molar-refractivity contribution < 1.29 is 79.1 Å². The Morgan fingerprint density at radius 2 is 0.940 bits per heavy atom. The maximum Gasteiger partial charge on any atom is 0.305 e. The number of aryl methyl sites for hydroxylation is 2. The molecule has 7 heterocycles. The van der Waals surface area contributed by atoms with Crippen LogP contribution >= 0.6 is 59.6 Å². The number of methoxy groups -OCH3 is 5. The molecule has 100 heavy (non-hydrogen) atoms. The molecule has 11 rings (SSSR count). The third-order valence-corrected chi connectivity index (χ3v) is 18.5. The van der Waals surface area contributed by atoms with Crippen molar-refractivity contribution in [3.63, 3.8) is 0 Å². The molecule has 0 spiro atoms. The number of piperidine rings is 3. The second kappa shape index (κ2) is 35.1. The molecule has 4 aromatic carbocycles. The Balaban J connectivity index is 0.000000234. The molecule has 0 aliphatic carbocycles. The van der Waals surface area contributed by atoms with E-state index in [-0.39, 0.29) is 167 Å². The maximum absolute atomic E-state index is 15.0.